The van der Waals surface area contributed by atoms with E-state index < -0.39 is 0 Å². The Balaban J connectivity index is 2.56. The van der Waals surface area contributed by atoms with Crippen molar-refractivity contribution in [2.75, 3.05) is 32.6 Å². The summed E-state index contributed by atoms with van der Waals surface area (Å²) in [5, 5.41) is 11.1. The molecule has 0 unspecified atom stereocenters. The summed E-state index contributed by atoms with van der Waals surface area (Å²) in [4.78, 5) is 14.7. The molecule has 0 aliphatic heterocycles. The summed E-state index contributed by atoms with van der Waals surface area (Å²) in [6.45, 7) is 6.90. The van der Waals surface area contributed by atoms with E-state index in [1.807, 2.05) is 0 Å². The molecule has 1 heterocycles. The molecule has 0 aliphatic carbocycles. The van der Waals surface area contributed by atoms with E-state index in [1.165, 1.54) is 4.90 Å². The third-order valence-corrected chi connectivity index (χ3v) is 2.42. The molecule has 1 aromatic rings. The van der Waals surface area contributed by atoms with Crippen LogP contribution in [-0.4, -0.2) is 54.2 Å². The fourth-order valence-electron chi connectivity index (χ4n) is 1.22. The molecular weight excluding hydrogens is 246 g/mol. The molecule has 7 nitrogen and oxygen atoms in total. The largest absolute Gasteiger partial charge is 0.407 e. The van der Waals surface area contributed by atoms with Gasteiger partial charge in [-0.15, -0.1) is 5.10 Å². The zero-order valence-corrected chi connectivity index (χ0v) is 12.5. The van der Waals surface area contributed by atoms with Crippen molar-refractivity contribution in [3.05, 3.63) is 5.89 Å². The molecule has 1 aromatic heterocycles. The predicted molar refractivity (Wildman–Crippen MR) is 72.9 cm³/mol. The Morgan fingerprint density at radius 1 is 1.26 bits per heavy atom. The van der Waals surface area contributed by atoms with Gasteiger partial charge in [-0.1, -0.05) is 5.10 Å². The van der Waals surface area contributed by atoms with Crippen LogP contribution in [0, 0.1) is 0 Å². The molecule has 19 heavy (non-hydrogen) atoms. The quantitative estimate of drug-likeness (QED) is 0.838. The van der Waals surface area contributed by atoms with Gasteiger partial charge in [0.15, 0.2) is 0 Å². The van der Waals surface area contributed by atoms with E-state index in [1.54, 1.807) is 26.0 Å². The number of likely N-dealkylation sites (N-methyl/N-ethyl adjacent to an activating group) is 2. The number of carbonyl (C=O) groups is 1. The van der Waals surface area contributed by atoms with Crippen molar-refractivity contribution in [2.45, 2.75) is 32.9 Å². The summed E-state index contributed by atoms with van der Waals surface area (Å²) in [6, 6.07) is 0.348. The molecule has 0 radical (unpaired) electrons. The zero-order valence-electron chi connectivity index (χ0n) is 12.5. The average Bonchev–Trinajstić information content (AvgIpc) is 2.73. The molecule has 0 saturated heterocycles. The topological polar surface area (TPSA) is 74.5 Å². The Bertz CT molecular complexity index is 422. The minimum absolute atomic E-state index is 0.0125. The lowest BCUT2D eigenvalue weighted by Crippen LogP contribution is -2.35. The van der Waals surface area contributed by atoms with Gasteiger partial charge in [0.2, 0.25) is 11.8 Å². The van der Waals surface area contributed by atoms with Gasteiger partial charge in [0.1, 0.15) is 6.54 Å². The molecule has 0 spiro atoms. The monoisotopic (exact) mass is 269 g/mol. The van der Waals surface area contributed by atoms with Crippen molar-refractivity contribution >= 4 is 11.9 Å². The third-order valence-electron chi connectivity index (χ3n) is 2.42. The SMILES string of the molecule is CN(C)C(=O)CN(C)c1nnc(CNC(C)(C)C)o1. The number of carbonyl (C=O) groups excluding carboxylic acids is 1. The predicted octanol–water partition coefficient (Wildman–Crippen LogP) is 0.482. The Morgan fingerprint density at radius 3 is 2.42 bits per heavy atom. The van der Waals surface area contributed by atoms with Gasteiger partial charge in [-0.05, 0) is 20.8 Å². The molecule has 0 aromatic carbocycles. The van der Waals surface area contributed by atoms with Crippen LogP contribution in [0.4, 0.5) is 6.01 Å². The van der Waals surface area contributed by atoms with Gasteiger partial charge >= 0.3 is 6.01 Å². The molecule has 108 valence electrons. The van der Waals surface area contributed by atoms with Crippen molar-refractivity contribution < 1.29 is 9.21 Å². The van der Waals surface area contributed by atoms with Gasteiger partial charge in [-0.25, -0.2) is 0 Å². The highest BCUT2D eigenvalue weighted by Crippen LogP contribution is 2.11. The number of rotatable bonds is 5. The first kappa shape index (κ1) is 15.4. The molecular formula is C12H23N5O2. The first-order chi connectivity index (χ1) is 8.69. The molecule has 0 fully saturated rings. The molecule has 0 saturated carbocycles. The van der Waals surface area contributed by atoms with Crippen molar-refractivity contribution in [3.8, 4) is 0 Å². The van der Waals surface area contributed by atoms with Crippen LogP contribution in [0.15, 0.2) is 4.42 Å². The third kappa shape index (κ3) is 5.25. The summed E-state index contributed by atoms with van der Waals surface area (Å²) in [7, 11) is 5.17. The molecule has 1 N–H and O–H groups in total. The summed E-state index contributed by atoms with van der Waals surface area (Å²) >= 11 is 0. The molecule has 1 amide bonds. The summed E-state index contributed by atoms with van der Waals surface area (Å²) < 4.78 is 5.49. The van der Waals surface area contributed by atoms with Gasteiger partial charge in [-0.2, -0.15) is 0 Å². The maximum atomic E-state index is 11.6. The van der Waals surface area contributed by atoms with Gasteiger partial charge in [0, 0.05) is 26.7 Å². The van der Waals surface area contributed by atoms with E-state index in [9.17, 15) is 4.79 Å². The highest BCUT2D eigenvalue weighted by Gasteiger charge is 2.16. The van der Waals surface area contributed by atoms with E-state index in [4.69, 9.17) is 4.42 Å². The first-order valence-corrected chi connectivity index (χ1v) is 6.18. The van der Waals surface area contributed by atoms with Crippen LogP contribution in [0.2, 0.25) is 0 Å². The van der Waals surface area contributed by atoms with E-state index in [-0.39, 0.29) is 18.0 Å². The van der Waals surface area contributed by atoms with Gasteiger partial charge in [-0.3, -0.25) is 4.79 Å². The Kier molecular flexibility index (Phi) is 4.88. The Labute approximate surface area is 114 Å². The van der Waals surface area contributed by atoms with Crippen LogP contribution in [0.1, 0.15) is 26.7 Å². The molecule has 0 aliphatic rings. The standard InChI is InChI=1S/C12H23N5O2/c1-12(2,3)13-7-9-14-15-11(19-9)17(6)8-10(18)16(4)5/h13H,7-8H2,1-6H3. The second-order valence-corrected chi connectivity index (χ2v) is 5.73. The maximum Gasteiger partial charge on any atom is 0.318 e. The van der Waals surface area contributed by atoms with Crippen molar-refractivity contribution in [2.24, 2.45) is 0 Å². The lowest BCUT2D eigenvalue weighted by Gasteiger charge is -2.19. The van der Waals surface area contributed by atoms with Crippen LogP contribution in [-0.2, 0) is 11.3 Å². The zero-order chi connectivity index (χ0) is 14.6. The number of nitrogens with one attached hydrogen (secondary N) is 1. The normalized spacial score (nSPS) is 11.5. The summed E-state index contributed by atoms with van der Waals surface area (Å²) in [5.74, 6) is 0.490. The number of nitrogens with zero attached hydrogens (tertiary/aromatic N) is 4. The van der Waals surface area contributed by atoms with Crippen LogP contribution < -0.4 is 10.2 Å². The van der Waals surface area contributed by atoms with E-state index in [0.29, 0.717) is 18.5 Å². The summed E-state index contributed by atoms with van der Waals surface area (Å²) in [5.41, 5.74) is -0.0125. The fraction of sp³-hybridized carbons (Fsp3) is 0.750. The number of amides is 1. The Morgan fingerprint density at radius 2 is 1.89 bits per heavy atom. The van der Waals surface area contributed by atoms with Crippen molar-refractivity contribution in [3.63, 3.8) is 0 Å². The highest BCUT2D eigenvalue weighted by atomic mass is 16.4. The minimum atomic E-state index is -0.0185. The van der Waals surface area contributed by atoms with Gasteiger partial charge in [0.25, 0.3) is 0 Å². The molecule has 7 heteroatoms. The number of hydrogen-bond acceptors (Lipinski definition) is 6. The number of aromatic nitrogens is 2. The Hall–Kier alpha value is -1.63. The maximum absolute atomic E-state index is 11.6. The highest BCUT2D eigenvalue weighted by molar-refractivity contribution is 5.80. The summed E-state index contributed by atoms with van der Waals surface area (Å²) in [6.07, 6.45) is 0. The van der Waals surface area contributed by atoms with E-state index in [0.717, 1.165) is 0 Å². The van der Waals surface area contributed by atoms with Crippen LogP contribution in [0.5, 0.6) is 0 Å². The molecule has 1 rings (SSSR count). The van der Waals surface area contributed by atoms with Crippen molar-refractivity contribution in [1.29, 1.82) is 0 Å². The van der Waals surface area contributed by atoms with Crippen LogP contribution in [0.3, 0.4) is 0 Å². The lowest BCUT2D eigenvalue weighted by atomic mass is 10.1. The first-order valence-electron chi connectivity index (χ1n) is 6.18. The van der Waals surface area contributed by atoms with Crippen LogP contribution in [0.25, 0.3) is 0 Å². The molecule has 0 atom stereocenters. The van der Waals surface area contributed by atoms with Gasteiger partial charge in [0.05, 0.1) is 6.54 Å². The van der Waals surface area contributed by atoms with Crippen molar-refractivity contribution in [1.82, 2.24) is 20.4 Å². The van der Waals surface area contributed by atoms with E-state index in [2.05, 4.69) is 36.3 Å². The average molecular weight is 269 g/mol. The van der Waals surface area contributed by atoms with Crippen LogP contribution >= 0.6 is 0 Å². The lowest BCUT2D eigenvalue weighted by molar-refractivity contribution is -0.127. The smallest absolute Gasteiger partial charge is 0.318 e. The minimum Gasteiger partial charge on any atom is -0.407 e. The molecule has 0 bridgehead atoms. The van der Waals surface area contributed by atoms with E-state index >= 15 is 0 Å². The second kappa shape index (κ2) is 6.01. The second-order valence-electron chi connectivity index (χ2n) is 5.73. The fourth-order valence-corrected chi connectivity index (χ4v) is 1.22. The number of anilines is 1. The number of hydrogen-bond donors (Lipinski definition) is 1. The van der Waals surface area contributed by atoms with Gasteiger partial charge < -0.3 is 19.5 Å².